The fourth-order valence-corrected chi connectivity index (χ4v) is 8.65. The Morgan fingerprint density at radius 1 is 0.964 bits per heavy atom. The summed E-state index contributed by atoms with van der Waals surface area (Å²) in [5, 5.41) is 18.8. The van der Waals surface area contributed by atoms with Gasteiger partial charge in [-0.1, -0.05) is 19.1 Å². The van der Waals surface area contributed by atoms with E-state index in [1.807, 2.05) is 10.9 Å². The molecule has 4 aliphatic carbocycles. The molecule has 1 heterocycles. The average molecular weight is 386 g/mol. The van der Waals surface area contributed by atoms with E-state index >= 15 is 0 Å². The van der Waals surface area contributed by atoms with Gasteiger partial charge in [0, 0.05) is 12.7 Å². The number of hydrogen-bond acceptors (Lipinski definition) is 3. The second kappa shape index (κ2) is 6.55. The summed E-state index contributed by atoms with van der Waals surface area (Å²) in [5.74, 6) is 4.34. The molecule has 0 aromatic carbocycles. The van der Waals surface area contributed by atoms with Gasteiger partial charge in [0.15, 0.2) is 0 Å². The molecule has 4 saturated carbocycles. The van der Waals surface area contributed by atoms with Crippen molar-refractivity contribution in [2.75, 3.05) is 0 Å². The number of aliphatic hydroxyl groups is 1. The summed E-state index contributed by atoms with van der Waals surface area (Å²) < 4.78 is 2.02. The molecular weight excluding hydrogens is 346 g/mol. The molecule has 4 fully saturated rings. The largest absolute Gasteiger partial charge is 0.390 e. The van der Waals surface area contributed by atoms with Crippen molar-refractivity contribution in [3.63, 3.8) is 0 Å². The number of rotatable bonds is 3. The normalized spacial score (nSPS) is 50.6. The number of nitrogens with zero attached hydrogens (tertiary/aromatic N) is 3. The fraction of sp³-hybridized carbons (Fsp3) is 0.917. The molecule has 4 heteroatoms. The number of hydrogen-bond donors (Lipinski definition) is 1. The highest BCUT2D eigenvalue weighted by atomic mass is 16.3. The number of aromatic nitrogens is 3. The quantitative estimate of drug-likeness (QED) is 0.789. The average Bonchev–Trinajstić information content (AvgIpc) is 3.27. The predicted octanol–water partition coefficient (Wildman–Crippen LogP) is 5.08. The number of fused-ring (bicyclic) bond motifs is 5. The predicted molar refractivity (Wildman–Crippen MR) is 110 cm³/mol. The summed E-state index contributed by atoms with van der Waals surface area (Å²) in [6.45, 7) is 8.33. The molecule has 0 spiro atoms. The molecule has 1 N–H and O–H groups in total. The molecule has 0 bridgehead atoms. The van der Waals surface area contributed by atoms with Gasteiger partial charge in [0.05, 0.1) is 11.8 Å². The van der Waals surface area contributed by atoms with Gasteiger partial charge in [0.25, 0.3) is 0 Å². The third-order valence-corrected chi connectivity index (χ3v) is 10.3. The highest BCUT2D eigenvalue weighted by Crippen LogP contribution is 2.68. The molecule has 1 aromatic rings. The molecule has 5 rings (SSSR count). The van der Waals surface area contributed by atoms with Crippen LogP contribution in [0.15, 0.2) is 12.4 Å². The maximum atomic E-state index is 10.7. The third kappa shape index (κ3) is 2.88. The smallest absolute Gasteiger partial charge is 0.0692 e. The zero-order chi connectivity index (χ0) is 19.6. The number of aryl methyl sites for hydroxylation is 1. The van der Waals surface area contributed by atoms with Gasteiger partial charge >= 0.3 is 0 Å². The molecule has 1 aromatic heterocycles. The molecule has 0 radical (unpaired) electrons. The molecular formula is C24H39N3O. The minimum absolute atomic E-state index is 0.417. The molecule has 0 amide bonds. The van der Waals surface area contributed by atoms with Crippen LogP contribution in [-0.4, -0.2) is 25.7 Å². The molecule has 0 unspecified atom stereocenters. The van der Waals surface area contributed by atoms with Crippen molar-refractivity contribution in [3.05, 3.63) is 12.4 Å². The summed E-state index contributed by atoms with van der Waals surface area (Å²) in [6, 6.07) is 0. The van der Waals surface area contributed by atoms with Crippen molar-refractivity contribution >= 4 is 0 Å². The van der Waals surface area contributed by atoms with E-state index in [9.17, 15) is 5.11 Å². The standard InChI is InChI=1S/C24H39N3O/c1-22(28)11-12-24(3)18(16-22)4-6-19-20-7-5-17(9-14-27-15-13-25-26-27)23(20,2)10-8-21(19)24/h13,15,17-21,28H,4-12,14,16H2,1-3H3/t17-,18+,19+,20+,21+,22-,23-,24+/m1/s1. The van der Waals surface area contributed by atoms with E-state index in [0.29, 0.717) is 10.8 Å². The van der Waals surface area contributed by atoms with Gasteiger partial charge in [-0.15, -0.1) is 5.10 Å². The van der Waals surface area contributed by atoms with Crippen LogP contribution in [0.2, 0.25) is 0 Å². The second-order valence-corrected chi connectivity index (χ2v) is 11.6. The first kappa shape index (κ1) is 19.1. The lowest BCUT2D eigenvalue weighted by molar-refractivity contribution is -0.146. The van der Waals surface area contributed by atoms with E-state index in [0.717, 1.165) is 49.0 Å². The lowest BCUT2D eigenvalue weighted by atomic mass is 9.44. The van der Waals surface area contributed by atoms with E-state index in [2.05, 4.69) is 31.1 Å². The van der Waals surface area contributed by atoms with Crippen molar-refractivity contribution in [2.45, 2.75) is 97.1 Å². The molecule has 0 saturated heterocycles. The maximum Gasteiger partial charge on any atom is 0.0692 e. The van der Waals surface area contributed by atoms with Crippen LogP contribution in [0.25, 0.3) is 0 Å². The zero-order valence-electron chi connectivity index (χ0n) is 18.1. The Kier molecular flexibility index (Phi) is 4.47. The monoisotopic (exact) mass is 385 g/mol. The van der Waals surface area contributed by atoms with Gasteiger partial charge in [-0.05, 0) is 112 Å². The van der Waals surface area contributed by atoms with E-state index in [1.54, 1.807) is 6.20 Å². The van der Waals surface area contributed by atoms with Gasteiger partial charge in [-0.25, -0.2) is 0 Å². The van der Waals surface area contributed by atoms with Crippen LogP contribution in [-0.2, 0) is 6.54 Å². The first-order chi connectivity index (χ1) is 13.3. The summed E-state index contributed by atoms with van der Waals surface area (Å²) in [4.78, 5) is 0. The van der Waals surface area contributed by atoms with Gasteiger partial charge in [0.2, 0.25) is 0 Å². The molecule has 8 atom stereocenters. The van der Waals surface area contributed by atoms with Crippen molar-refractivity contribution in [2.24, 2.45) is 40.4 Å². The first-order valence-corrected chi connectivity index (χ1v) is 11.9. The Hall–Kier alpha value is -0.900. The molecule has 156 valence electrons. The van der Waals surface area contributed by atoms with Gasteiger partial charge < -0.3 is 5.11 Å². The first-order valence-electron chi connectivity index (χ1n) is 11.9. The third-order valence-electron chi connectivity index (χ3n) is 10.3. The summed E-state index contributed by atoms with van der Waals surface area (Å²) >= 11 is 0. The van der Waals surface area contributed by atoms with Crippen molar-refractivity contribution in [1.29, 1.82) is 0 Å². The minimum Gasteiger partial charge on any atom is -0.390 e. The zero-order valence-corrected chi connectivity index (χ0v) is 18.1. The summed E-state index contributed by atoms with van der Waals surface area (Å²) in [6.07, 6.45) is 16.8. The van der Waals surface area contributed by atoms with E-state index in [1.165, 1.54) is 51.4 Å². The Labute approximate surface area is 170 Å². The molecule has 0 aliphatic heterocycles. The van der Waals surface area contributed by atoms with Crippen LogP contribution >= 0.6 is 0 Å². The lowest BCUT2D eigenvalue weighted by Crippen LogP contribution is -2.55. The Morgan fingerprint density at radius 2 is 1.79 bits per heavy atom. The van der Waals surface area contributed by atoms with E-state index < -0.39 is 5.60 Å². The van der Waals surface area contributed by atoms with Crippen LogP contribution in [0.1, 0.15) is 85.0 Å². The summed E-state index contributed by atoms with van der Waals surface area (Å²) in [5.41, 5.74) is 0.594. The second-order valence-electron chi connectivity index (χ2n) is 11.6. The van der Waals surface area contributed by atoms with E-state index in [4.69, 9.17) is 0 Å². The van der Waals surface area contributed by atoms with Gasteiger partial charge in [0.1, 0.15) is 0 Å². The van der Waals surface area contributed by atoms with Crippen molar-refractivity contribution in [1.82, 2.24) is 15.0 Å². The van der Waals surface area contributed by atoms with Crippen molar-refractivity contribution in [3.8, 4) is 0 Å². The van der Waals surface area contributed by atoms with Crippen LogP contribution in [0.4, 0.5) is 0 Å². The van der Waals surface area contributed by atoms with Crippen LogP contribution in [0.3, 0.4) is 0 Å². The fourth-order valence-electron chi connectivity index (χ4n) is 8.65. The minimum atomic E-state index is -0.417. The Morgan fingerprint density at radius 3 is 2.57 bits per heavy atom. The van der Waals surface area contributed by atoms with Crippen LogP contribution in [0.5, 0.6) is 0 Å². The van der Waals surface area contributed by atoms with Crippen molar-refractivity contribution < 1.29 is 5.11 Å². The Bertz CT molecular complexity index is 701. The molecule has 4 aliphatic rings. The van der Waals surface area contributed by atoms with E-state index in [-0.39, 0.29) is 0 Å². The summed E-state index contributed by atoms with van der Waals surface area (Å²) in [7, 11) is 0. The van der Waals surface area contributed by atoms with Crippen LogP contribution < -0.4 is 0 Å². The van der Waals surface area contributed by atoms with Crippen LogP contribution in [0, 0.1) is 40.4 Å². The highest BCUT2D eigenvalue weighted by Gasteiger charge is 2.60. The van der Waals surface area contributed by atoms with Gasteiger partial charge in [-0.2, -0.15) is 0 Å². The SMILES string of the molecule is C[C@@]1(O)CC[C@@]2(C)[C@@H](CC[C@@H]3[C@@H]2CC[C@]2(C)[C@@H](CCn4ccnn4)CC[C@@H]32)C1. The Balaban J connectivity index is 1.32. The van der Waals surface area contributed by atoms with Gasteiger partial charge in [-0.3, -0.25) is 4.68 Å². The maximum absolute atomic E-state index is 10.7. The highest BCUT2D eigenvalue weighted by molar-refractivity contribution is 5.10. The molecule has 4 nitrogen and oxygen atoms in total. The topological polar surface area (TPSA) is 50.9 Å². The molecule has 28 heavy (non-hydrogen) atoms. The lowest BCUT2D eigenvalue weighted by Gasteiger charge is -2.62.